The second-order valence-corrected chi connectivity index (χ2v) is 8.59. The molecule has 4 rings (SSSR count). The van der Waals surface area contributed by atoms with Crippen molar-refractivity contribution in [2.45, 2.75) is 20.4 Å². The number of anilines is 1. The zero-order chi connectivity index (χ0) is 27.2. The maximum atomic E-state index is 13.6. The van der Waals surface area contributed by atoms with Crippen LogP contribution in [0.1, 0.15) is 29.3 Å². The predicted molar refractivity (Wildman–Crippen MR) is 144 cm³/mol. The molecule has 1 aliphatic heterocycles. The topological polar surface area (TPSA) is 140 Å². The third kappa shape index (κ3) is 5.27. The van der Waals surface area contributed by atoms with Crippen molar-refractivity contribution in [3.05, 3.63) is 107 Å². The van der Waals surface area contributed by atoms with E-state index in [4.69, 9.17) is 16.1 Å². The molecule has 0 radical (unpaired) electrons. The third-order valence-corrected chi connectivity index (χ3v) is 6.08. The molecule has 2 heterocycles. The third-order valence-electron chi connectivity index (χ3n) is 6.08. The Morgan fingerprint density at radius 2 is 1.92 bits per heavy atom. The summed E-state index contributed by atoms with van der Waals surface area (Å²) >= 11 is 0. The van der Waals surface area contributed by atoms with Crippen LogP contribution in [0.3, 0.4) is 0 Å². The van der Waals surface area contributed by atoms with Crippen LogP contribution in [0, 0.1) is 29.1 Å². The number of amidine groups is 1. The van der Waals surface area contributed by atoms with Gasteiger partial charge in [-0.05, 0) is 67.9 Å². The van der Waals surface area contributed by atoms with E-state index in [1.165, 1.54) is 9.80 Å². The number of hydrogen-bond acceptors (Lipinski definition) is 6. The van der Waals surface area contributed by atoms with Crippen LogP contribution < -0.4 is 10.2 Å². The molecule has 4 amide bonds. The van der Waals surface area contributed by atoms with Gasteiger partial charge in [0.25, 0.3) is 0 Å². The normalized spacial score (nSPS) is 13.1. The number of rotatable bonds is 6. The zero-order valence-corrected chi connectivity index (χ0v) is 21.0. The van der Waals surface area contributed by atoms with Crippen molar-refractivity contribution in [2.24, 2.45) is 0 Å². The molecule has 0 aliphatic carbocycles. The van der Waals surface area contributed by atoms with E-state index in [0.717, 1.165) is 16.8 Å². The van der Waals surface area contributed by atoms with Crippen molar-refractivity contribution >= 4 is 29.9 Å². The number of carbonyl (C=O) groups excluding carboxylic acids is 2. The number of aryl methyl sites for hydroxylation is 1. The average Bonchev–Trinajstić information content (AvgIpc) is 2.94. The molecule has 1 aliphatic rings. The largest absolute Gasteiger partial charge is 0.337 e. The summed E-state index contributed by atoms with van der Waals surface area (Å²) in [7, 11) is 0. The van der Waals surface area contributed by atoms with Crippen LogP contribution in [0.5, 0.6) is 0 Å². The van der Waals surface area contributed by atoms with Gasteiger partial charge in [-0.1, -0.05) is 18.2 Å². The van der Waals surface area contributed by atoms with Crippen LogP contribution in [-0.2, 0) is 6.54 Å². The number of hydrogen-bond donors (Lipinski definition) is 3. The molecular formula is C28H26N8O2. The summed E-state index contributed by atoms with van der Waals surface area (Å²) in [5.74, 6) is -0.0359. The first-order valence-corrected chi connectivity index (χ1v) is 11.8. The lowest BCUT2D eigenvalue weighted by Gasteiger charge is -2.39. The number of aromatic nitrogens is 1. The summed E-state index contributed by atoms with van der Waals surface area (Å²) in [5.41, 5.74) is 3.93. The molecule has 0 spiro atoms. The van der Waals surface area contributed by atoms with Crippen LogP contribution >= 0.6 is 0 Å². The standard InChI is InChI=1S/C28H26N8O2/c1-19-6-5-8-24(14-19)36-20(2)25(35(18-30)26(31)22-11-9-21(15-29)10-12-22)17-34(28(36)38)27(37)33-16-23-7-3-4-13-32-23/h3-14,18,30-31H,16-17H2,1-2H3,(H,33,37). The molecule has 10 heteroatoms. The minimum atomic E-state index is -0.627. The quantitative estimate of drug-likeness (QED) is 0.332. The van der Waals surface area contributed by atoms with Crippen LogP contribution in [0.4, 0.5) is 15.3 Å². The van der Waals surface area contributed by atoms with Gasteiger partial charge in [-0.3, -0.25) is 25.6 Å². The van der Waals surface area contributed by atoms with Gasteiger partial charge < -0.3 is 5.32 Å². The molecule has 3 aromatic rings. The fourth-order valence-electron chi connectivity index (χ4n) is 4.09. The van der Waals surface area contributed by atoms with Gasteiger partial charge in [-0.2, -0.15) is 5.26 Å². The summed E-state index contributed by atoms with van der Waals surface area (Å²) in [4.78, 5) is 34.9. The molecule has 0 atom stereocenters. The van der Waals surface area contributed by atoms with E-state index in [-0.39, 0.29) is 18.9 Å². The van der Waals surface area contributed by atoms with Crippen molar-refractivity contribution in [3.63, 3.8) is 0 Å². The Kier molecular flexibility index (Phi) is 7.58. The average molecular weight is 507 g/mol. The van der Waals surface area contributed by atoms with E-state index in [9.17, 15) is 9.59 Å². The summed E-state index contributed by atoms with van der Waals surface area (Å²) in [5, 5.41) is 28.7. The molecule has 0 saturated carbocycles. The van der Waals surface area contributed by atoms with Crippen molar-refractivity contribution in [2.75, 3.05) is 11.4 Å². The molecule has 0 fully saturated rings. The molecule has 10 nitrogen and oxygen atoms in total. The molecule has 3 N–H and O–H groups in total. The molecular weight excluding hydrogens is 480 g/mol. The minimum absolute atomic E-state index is 0.0359. The molecule has 190 valence electrons. The lowest BCUT2D eigenvalue weighted by Crippen LogP contribution is -2.56. The number of nitrogens with zero attached hydrogens (tertiary/aromatic N) is 5. The monoisotopic (exact) mass is 506 g/mol. The fourth-order valence-corrected chi connectivity index (χ4v) is 4.09. The molecule has 0 saturated heterocycles. The van der Waals surface area contributed by atoms with E-state index in [1.807, 2.05) is 31.2 Å². The van der Waals surface area contributed by atoms with Gasteiger partial charge in [0.05, 0.1) is 48.1 Å². The van der Waals surface area contributed by atoms with Gasteiger partial charge in [-0.25, -0.2) is 14.5 Å². The van der Waals surface area contributed by atoms with Crippen molar-refractivity contribution in [1.29, 1.82) is 16.1 Å². The maximum Gasteiger partial charge on any atom is 0.337 e. The van der Waals surface area contributed by atoms with Gasteiger partial charge in [0.2, 0.25) is 0 Å². The number of allylic oxidation sites excluding steroid dienone is 1. The number of carbonyl (C=O) groups is 2. The summed E-state index contributed by atoms with van der Waals surface area (Å²) < 4.78 is 0. The number of pyridine rings is 1. The van der Waals surface area contributed by atoms with Crippen molar-refractivity contribution < 1.29 is 9.59 Å². The number of amides is 4. The maximum absolute atomic E-state index is 13.6. The Hall–Kier alpha value is -5.30. The summed E-state index contributed by atoms with van der Waals surface area (Å²) in [6.45, 7) is 3.59. The first-order chi connectivity index (χ1) is 18.3. The Balaban J connectivity index is 1.72. The van der Waals surface area contributed by atoms with E-state index in [2.05, 4.69) is 10.3 Å². The highest BCUT2D eigenvalue weighted by Crippen LogP contribution is 2.30. The molecule has 0 bridgehead atoms. The Labute approximate surface area is 220 Å². The first-order valence-electron chi connectivity index (χ1n) is 11.8. The smallest absolute Gasteiger partial charge is 0.332 e. The molecule has 1 aromatic heterocycles. The van der Waals surface area contributed by atoms with Gasteiger partial charge in [0.15, 0.2) is 0 Å². The number of nitriles is 1. The van der Waals surface area contributed by atoms with Gasteiger partial charge in [0.1, 0.15) is 5.84 Å². The van der Waals surface area contributed by atoms with Gasteiger partial charge in [0, 0.05) is 17.5 Å². The van der Waals surface area contributed by atoms with E-state index in [0.29, 0.717) is 33.9 Å². The number of imide groups is 1. The highest BCUT2D eigenvalue weighted by atomic mass is 16.2. The summed E-state index contributed by atoms with van der Waals surface area (Å²) in [6.07, 6.45) is 2.60. The van der Waals surface area contributed by atoms with Crippen LogP contribution in [-0.4, -0.2) is 45.6 Å². The van der Waals surface area contributed by atoms with E-state index in [1.54, 1.807) is 61.7 Å². The van der Waals surface area contributed by atoms with Gasteiger partial charge in [-0.15, -0.1) is 0 Å². The molecule has 2 aromatic carbocycles. The fraction of sp³-hybridized carbons (Fsp3) is 0.143. The predicted octanol–water partition coefficient (Wildman–Crippen LogP) is 4.58. The number of benzene rings is 2. The van der Waals surface area contributed by atoms with E-state index < -0.39 is 12.1 Å². The number of urea groups is 2. The van der Waals surface area contributed by atoms with Crippen LogP contribution in [0.25, 0.3) is 0 Å². The van der Waals surface area contributed by atoms with Crippen LogP contribution in [0.2, 0.25) is 0 Å². The Morgan fingerprint density at radius 3 is 2.55 bits per heavy atom. The zero-order valence-electron chi connectivity index (χ0n) is 21.0. The SMILES string of the molecule is CC1=C(N(C=N)C(=N)c2ccc(C#N)cc2)CN(C(=O)NCc2ccccn2)C(=O)N1c1cccc(C)c1. The van der Waals surface area contributed by atoms with Crippen molar-refractivity contribution in [3.8, 4) is 6.07 Å². The highest BCUT2D eigenvalue weighted by Gasteiger charge is 2.37. The van der Waals surface area contributed by atoms with Crippen molar-refractivity contribution in [1.82, 2.24) is 20.1 Å². The summed E-state index contributed by atoms with van der Waals surface area (Å²) in [6, 6.07) is 20.0. The second-order valence-electron chi connectivity index (χ2n) is 8.59. The second kappa shape index (κ2) is 11.2. The lowest BCUT2D eigenvalue weighted by molar-refractivity contribution is 0.189. The Bertz CT molecular complexity index is 1460. The lowest BCUT2D eigenvalue weighted by atomic mass is 10.1. The molecule has 0 unspecified atom stereocenters. The van der Waals surface area contributed by atoms with Crippen LogP contribution in [0.15, 0.2) is 84.3 Å². The Morgan fingerprint density at radius 1 is 1.16 bits per heavy atom. The minimum Gasteiger partial charge on any atom is -0.332 e. The van der Waals surface area contributed by atoms with E-state index >= 15 is 0 Å². The first kappa shape index (κ1) is 25.8. The molecule has 38 heavy (non-hydrogen) atoms. The number of nitrogens with one attached hydrogen (secondary N) is 3. The van der Waals surface area contributed by atoms with Gasteiger partial charge >= 0.3 is 12.1 Å². The highest BCUT2D eigenvalue weighted by molar-refractivity contribution is 6.08.